The second kappa shape index (κ2) is 9.84. The molecule has 0 aliphatic rings. The van der Waals surface area contributed by atoms with Gasteiger partial charge in [-0.05, 0) is 31.5 Å². The summed E-state index contributed by atoms with van der Waals surface area (Å²) in [5.74, 6) is -0.886. The number of hydrogen-bond donors (Lipinski definition) is 2. The number of ether oxygens (including phenoxy) is 1. The van der Waals surface area contributed by atoms with Crippen molar-refractivity contribution >= 4 is 34.8 Å². The highest BCUT2D eigenvalue weighted by atomic mass is 32.1. The number of halogens is 3. The third kappa shape index (κ3) is 5.09. The second-order valence-corrected chi connectivity index (χ2v) is 7.66. The number of thiazole rings is 1. The van der Waals surface area contributed by atoms with Gasteiger partial charge in [-0.25, -0.2) is 4.79 Å². The number of aromatic nitrogens is 1. The molecule has 0 fully saturated rings. The van der Waals surface area contributed by atoms with E-state index in [2.05, 4.69) is 11.9 Å². The molecule has 0 aliphatic carbocycles. The lowest BCUT2D eigenvalue weighted by molar-refractivity contribution is -0.258. The molecule has 1 unspecified atom stereocenters. The number of aliphatic hydroxyl groups is 1. The third-order valence-electron chi connectivity index (χ3n) is 4.45. The molecule has 1 atom stereocenters. The van der Waals surface area contributed by atoms with Crippen molar-refractivity contribution in [3.63, 3.8) is 0 Å². The molecule has 2 rings (SSSR count). The fraction of sp³-hybridized carbons (Fsp3) is 0.286. The number of rotatable bonds is 7. The molecular formula is C21H20F3N3O4S. The van der Waals surface area contributed by atoms with Crippen molar-refractivity contribution in [3.05, 3.63) is 62.0 Å². The summed E-state index contributed by atoms with van der Waals surface area (Å²) >= 11 is 0.893. The lowest BCUT2D eigenvalue weighted by Crippen LogP contribution is -2.39. The van der Waals surface area contributed by atoms with Gasteiger partial charge in [0.05, 0.1) is 0 Å². The average Bonchev–Trinajstić information content (AvgIpc) is 3.05. The summed E-state index contributed by atoms with van der Waals surface area (Å²) in [5.41, 5.74) is -3.76. The van der Waals surface area contributed by atoms with Crippen LogP contribution >= 0.6 is 11.3 Å². The summed E-state index contributed by atoms with van der Waals surface area (Å²) < 4.78 is 45.3. The number of nitrogens with zero attached hydrogens (tertiary/aromatic N) is 2. The van der Waals surface area contributed by atoms with E-state index in [1.807, 2.05) is 0 Å². The van der Waals surface area contributed by atoms with Gasteiger partial charge < -0.3 is 15.2 Å². The number of carbonyl (C=O) groups excluding carboxylic acids is 1. The Kier molecular flexibility index (Phi) is 7.66. The van der Waals surface area contributed by atoms with E-state index >= 15 is 0 Å². The zero-order valence-corrected chi connectivity index (χ0v) is 18.0. The Bertz CT molecular complexity index is 1220. The Morgan fingerprint density at radius 1 is 1.38 bits per heavy atom. The van der Waals surface area contributed by atoms with Gasteiger partial charge >= 0.3 is 12.1 Å². The van der Waals surface area contributed by atoms with Crippen LogP contribution in [-0.4, -0.2) is 28.4 Å². The molecule has 0 bridgehead atoms. The van der Waals surface area contributed by atoms with Crippen LogP contribution < -0.4 is 20.1 Å². The van der Waals surface area contributed by atoms with E-state index in [9.17, 15) is 33.1 Å². The van der Waals surface area contributed by atoms with Gasteiger partial charge in [0.15, 0.2) is 11.2 Å². The van der Waals surface area contributed by atoms with Crippen LogP contribution in [0.4, 0.5) is 18.9 Å². The maximum absolute atomic E-state index is 13.0. The van der Waals surface area contributed by atoms with Crippen LogP contribution in [0.5, 0.6) is 0 Å². The molecule has 0 saturated heterocycles. The zero-order valence-electron chi connectivity index (χ0n) is 17.2. The Morgan fingerprint density at radius 3 is 2.50 bits per heavy atom. The lowest BCUT2D eigenvalue weighted by atomic mass is 9.95. The molecule has 0 amide bonds. The van der Waals surface area contributed by atoms with Crippen LogP contribution in [0.2, 0.25) is 0 Å². The van der Waals surface area contributed by atoms with Crippen LogP contribution in [-0.2, 0) is 21.7 Å². The zero-order chi connectivity index (χ0) is 24.1. The molecule has 0 saturated carbocycles. The number of nitrogens with one attached hydrogen (secondary N) is 1. The van der Waals surface area contributed by atoms with E-state index < -0.39 is 23.3 Å². The van der Waals surface area contributed by atoms with Crippen molar-refractivity contribution in [3.8, 4) is 6.07 Å². The Morgan fingerprint density at radius 2 is 2.00 bits per heavy atom. The lowest BCUT2D eigenvalue weighted by Gasteiger charge is -2.26. The molecule has 0 aliphatic heterocycles. The van der Waals surface area contributed by atoms with E-state index in [0.29, 0.717) is 12.6 Å². The molecule has 1 heterocycles. The standard InChI is InChI=1S/C21H20F3N3O4S/c1-4-10-31-19(29)15(11-25)18-27(5-2)17(28)16(32-18)12-26-14-8-6-13(7-9-14)20(3,30)21(22,23)24/h4,6-9,12,26,30H,1,5,10H2,2-3H3/b16-12+,18-15-. The van der Waals surface area contributed by atoms with Gasteiger partial charge in [0.2, 0.25) is 0 Å². The molecule has 0 radical (unpaired) electrons. The molecule has 0 spiro atoms. The van der Waals surface area contributed by atoms with Crippen molar-refractivity contribution in [2.45, 2.75) is 32.2 Å². The average molecular weight is 467 g/mol. The van der Waals surface area contributed by atoms with Gasteiger partial charge in [-0.2, -0.15) is 18.4 Å². The summed E-state index contributed by atoms with van der Waals surface area (Å²) in [4.78, 5) is 24.8. The summed E-state index contributed by atoms with van der Waals surface area (Å²) in [7, 11) is 0. The minimum Gasteiger partial charge on any atom is -0.457 e. The number of carbonyl (C=O) groups is 1. The van der Waals surface area contributed by atoms with E-state index in [-0.39, 0.29) is 33.5 Å². The summed E-state index contributed by atoms with van der Waals surface area (Å²) in [5, 5.41) is 21.9. The van der Waals surface area contributed by atoms with E-state index in [1.54, 1.807) is 13.0 Å². The predicted molar refractivity (Wildman–Crippen MR) is 114 cm³/mol. The fourth-order valence-electron chi connectivity index (χ4n) is 2.58. The van der Waals surface area contributed by atoms with E-state index in [4.69, 9.17) is 4.74 Å². The van der Waals surface area contributed by atoms with Gasteiger partial charge in [-0.15, -0.1) is 11.3 Å². The number of hydrogen-bond acceptors (Lipinski definition) is 7. The van der Waals surface area contributed by atoms with Gasteiger partial charge in [-0.1, -0.05) is 24.8 Å². The van der Waals surface area contributed by atoms with Crippen LogP contribution in [0.1, 0.15) is 19.4 Å². The van der Waals surface area contributed by atoms with E-state index in [0.717, 1.165) is 23.5 Å². The molecular weight excluding hydrogens is 447 g/mol. The molecule has 7 nitrogen and oxygen atoms in total. The highest BCUT2D eigenvalue weighted by molar-refractivity contribution is 7.07. The minimum atomic E-state index is -4.84. The molecule has 32 heavy (non-hydrogen) atoms. The fourth-order valence-corrected chi connectivity index (χ4v) is 3.66. The first-order valence-corrected chi connectivity index (χ1v) is 10.1. The Hall–Kier alpha value is -3.36. The normalized spacial score (nSPS) is 14.8. The monoisotopic (exact) mass is 467 g/mol. The van der Waals surface area contributed by atoms with Crippen molar-refractivity contribution in [1.82, 2.24) is 4.57 Å². The maximum Gasteiger partial charge on any atom is 0.421 e. The number of benzene rings is 1. The third-order valence-corrected chi connectivity index (χ3v) is 5.59. The van der Waals surface area contributed by atoms with Crippen molar-refractivity contribution in [1.29, 1.82) is 5.26 Å². The molecule has 2 aromatic rings. The largest absolute Gasteiger partial charge is 0.457 e. The first-order valence-electron chi connectivity index (χ1n) is 9.26. The minimum absolute atomic E-state index is 0.0937. The van der Waals surface area contributed by atoms with E-state index in [1.165, 1.54) is 29.0 Å². The van der Waals surface area contributed by atoms with Gasteiger partial charge in [0, 0.05) is 18.4 Å². The van der Waals surface area contributed by atoms with Crippen molar-refractivity contribution < 1.29 is 27.8 Å². The van der Waals surface area contributed by atoms with Gasteiger partial charge in [-0.3, -0.25) is 9.36 Å². The molecule has 2 N–H and O–H groups in total. The topological polar surface area (TPSA) is 104 Å². The molecule has 11 heteroatoms. The van der Waals surface area contributed by atoms with Crippen LogP contribution in [0.3, 0.4) is 0 Å². The number of anilines is 1. The van der Waals surface area contributed by atoms with Crippen molar-refractivity contribution in [2.75, 3.05) is 11.9 Å². The molecule has 170 valence electrons. The summed E-state index contributed by atoms with van der Waals surface area (Å²) in [6, 6.07) is 6.63. The first kappa shape index (κ1) is 24.9. The number of esters is 1. The van der Waals surface area contributed by atoms with Crippen LogP contribution in [0.15, 0.2) is 41.7 Å². The SMILES string of the molecule is C=CCOC(=O)/C(C#N)=c1\s/c(=C/Nc2ccc(C(C)(O)C(F)(F)F)cc2)c(=O)n1CC. The smallest absolute Gasteiger partial charge is 0.421 e. The highest BCUT2D eigenvalue weighted by Crippen LogP contribution is 2.38. The quantitative estimate of drug-likeness (QED) is 0.477. The van der Waals surface area contributed by atoms with Crippen LogP contribution in [0.25, 0.3) is 11.8 Å². The van der Waals surface area contributed by atoms with Gasteiger partial charge in [0.1, 0.15) is 21.9 Å². The summed E-state index contributed by atoms with van der Waals surface area (Å²) in [6.07, 6.45) is -2.17. The second-order valence-electron chi connectivity index (χ2n) is 6.63. The summed E-state index contributed by atoms with van der Waals surface area (Å²) in [6.45, 7) is 5.85. The van der Waals surface area contributed by atoms with Crippen molar-refractivity contribution in [2.24, 2.45) is 0 Å². The maximum atomic E-state index is 13.0. The molecule has 1 aromatic carbocycles. The molecule has 1 aromatic heterocycles. The number of alkyl halides is 3. The first-order chi connectivity index (χ1) is 15.0. The number of nitriles is 1. The highest BCUT2D eigenvalue weighted by Gasteiger charge is 2.51. The van der Waals surface area contributed by atoms with Crippen LogP contribution in [0, 0.1) is 11.3 Å². The predicted octanol–water partition coefficient (Wildman–Crippen LogP) is 1.95. The van der Waals surface area contributed by atoms with Gasteiger partial charge in [0.25, 0.3) is 5.56 Å². The Labute approximate surface area is 185 Å². The Balaban J connectivity index is 2.44.